The van der Waals surface area contributed by atoms with Crippen LogP contribution in [-0.4, -0.2) is 52.8 Å². The Kier molecular flexibility index (Phi) is 7.71. The number of amides is 4. The molecule has 1 N–H and O–H groups in total. The molecule has 0 aliphatic carbocycles. The zero-order valence-corrected chi connectivity index (χ0v) is 21.0. The van der Waals surface area contributed by atoms with Crippen LogP contribution in [0.1, 0.15) is 55.0 Å². The summed E-state index contributed by atoms with van der Waals surface area (Å²) < 4.78 is 0. The molecule has 0 radical (unpaired) electrons. The van der Waals surface area contributed by atoms with Crippen molar-refractivity contribution in [2.45, 2.75) is 64.3 Å². The Morgan fingerprint density at radius 3 is 2.50 bits per heavy atom. The summed E-state index contributed by atoms with van der Waals surface area (Å²) >= 11 is 1.65. The van der Waals surface area contributed by atoms with Gasteiger partial charge in [-0.05, 0) is 62.0 Å². The molecular formula is C27H35N3O3S. The number of piperidine rings is 1. The number of hydrogen-bond donors (Lipinski definition) is 1. The molecule has 182 valence electrons. The van der Waals surface area contributed by atoms with Gasteiger partial charge in [-0.25, -0.2) is 4.79 Å². The molecule has 2 aromatic rings. The molecule has 2 aliphatic rings. The topological polar surface area (TPSA) is 69.7 Å². The second kappa shape index (κ2) is 10.7. The van der Waals surface area contributed by atoms with Crippen molar-refractivity contribution < 1.29 is 14.4 Å². The van der Waals surface area contributed by atoms with Gasteiger partial charge in [0.15, 0.2) is 0 Å². The third-order valence-corrected chi connectivity index (χ3v) is 8.24. The zero-order valence-electron chi connectivity index (χ0n) is 20.2. The second-order valence-corrected chi connectivity index (χ2v) is 10.6. The summed E-state index contributed by atoms with van der Waals surface area (Å²) in [6.07, 6.45) is 4.86. The smallest absolute Gasteiger partial charge is 0.325 e. The summed E-state index contributed by atoms with van der Waals surface area (Å²) in [7, 11) is 0. The number of imide groups is 1. The fourth-order valence-corrected chi connectivity index (χ4v) is 6.05. The minimum atomic E-state index is -0.835. The van der Waals surface area contributed by atoms with Crippen LogP contribution in [0.5, 0.6) is 0 Å². The van der Waals surface area contributed by atoms with E-state index in [4.69, 9.17) is 0 Å². The van der Waals surface area contributed by atoms with Gasteiger partial charge in [0.2, 0.25) is 5.91 Å². The third kappa shape index (κ3) is 5.19. The maximum Gasteiger partial charge on any atom is 0.325 e. The first kappa shape index (κ1) is 24.5. The average Bonchev–Trinajstić information content (AvgIpc) is 3.44. The highest BCUT2D eigenvalue weighted by molar-refractivity contribution is 7.09. The van der Waals surface area contributed by atoms with E-state index in [1.165, 1.54) is 20.9 Å². The molecule has 2 fully saturated rings. The Balaban J connectivity index is 1.35. The van der Waals surface area contributed by atoms with Crippen molar-refractivity contribution in [3.8, 4) is 0 Å². The van der Waals surface area contributed by atoms with Crippen molar-refractivity contribution >= 4 is 29.2 Å². The average molecular weight is 482 g/mol. The van der Waals surface area contributed by atoms with Gasteiger partial charge in [0.05, 0.1) is 0 Å². The van der Waals surface area contributed by atoms with Crippen LogP contribution >= 0.6 is 11.3 Å². The van der Waals surface area contributed by atoms with Crippen molar-refractivity contribution in [1.82, 2.24) is 15.1 Å². The Labute approximate surface area is 206 Å². The van der Waals surface area contributed by atoms with E-state index in [9.17, 15) is 14.4 Å². The van der Waals surface area contributed by atoms with E-state index in [-0.39, 0.29) is 23.8 Å². The lowest BCUT2D eigenvalue weighted by atomic mass is 9.74. The Hall–Kier alpha value is -2.67. The van der Waals surface area contributed by atoms with Gasteiger partial charge >= 0.3 is 6.03 Å². The third-order valence-electron chi connectivity index (χ3n) is 7.30. The van der Waals surface area contributed by atoms with E-state index in [2.05, 4.69) is 43.4 Å². The Bertz CT molecular complexity index is 997. The first-order valence-corrected chi connectivity index (χ1v) is 13.3. The molecular weight excluding hydrogens is 446 g/mol. The zero-order chi connectivity index (χ0) is 24.1. The van der Waals surface area contributed by atoms with Crippen molar-refractivity contribution in [3.05, 3.63) is 57.8 Å². The van der Waals surface area contributed by atoms with Crippen LogP contribution in [0.15, 0.2) is 41.8 Å². The van der Waals surface area contributed by atoms with Gasteiger partial charge in [0.1, 0.15) is 5.54 Å². The maximum absolute atomic E-state index is 13.6. The summed E-state index contributed by atoms with van der Waals surface area (Å²) in [4.78, 5) is 43.7. The lowest BCUT2D eigenvalue weighted by molar-refractivity contribution is -0.136. The number of rotatable bonds is 9. The van der Waals surface area contributed by atoms with Crippen LogP contribution in [0.3, 0.4) is 0 Å². The molecule has 2 saturated heterocycles. The van der Waals surface area contributed by atoms with Gasteiger partial charge in [-0.2, -0.15) is 0 Å². The summed E-state index contributed by atoms with van der Waals surface area (Å²) in [5.41, 5.74) is 1.56. The lowest BCUT2D eigenvalue weighted by Crippen LogP contribution is -2.56. The van der Waals surface area contributed by atoms with Crippen molar-refractivity contribution in [3.63, 3.8) is 0 Å². The molecule has 1 unspecified atom stereocenters. The number of aryl methyl sites for hydroxylation is 2. The first-order chi connectivity index (χ1) is 16.4. The van der Waals surface area contributed by atoms with Gasteiger partial charge < -0.3 is 10.2 Å². The molecule has 4 rings (SSSR count). The molecule has 0 saturated carbocycles. The van der Waals surface area contributed by atoms with E-state index < -0.39 is 5.54 Å². The molecule has 3 heterocycles. The van der Waals surface area contributed by atoms with E-state index in [0.29, 0.717) is 38.9 Å². The van der Waals surface area contributed by atoms with Gasteiger partial charge in [-0.15, -0.1) is 11.3 Å². The summed E-state index contributed by atoms with van der Waals surface area (Å²) in [6.45, 7) is 5.81. The van der Waals surface area contributed by atoms with Gasteiger partial charge in [0.25, 0.3) is 5.91 Å². The van der Waals surface area contributed by atoms with Gasteiger partial charge in [-0.3, -0.25) is 14.5 Å². The Morgan fingerprint density at radius 2 is 1.85 bits per heavy atom. The van der Waals surface area contributed by atoms with Crippen LogP contribution in [0.25, 0.3) is 0 Å². The predicted octanol–water partition coefficient (Wildman–Crippen LogP) is 4.56. The van der Waals surface area contributed by atoms with Crippen LogP contribution in [-0.2, 0) is 22.4 Å². The van der Waals surface area contributed by atoms with E-state index in [0.717, 1.165) is 25.7 Å². The fraction of sp³-hybridized carbons (Fsp3) is 0.519. The van der Waals surface area contributed by atoms with Crippen LogP contribution in [0.4, 0.5) is 4.79 Å². The number of benzene rings is 1. The molecule has 6 nitrogen and oxygen atoms in total. The minimum Gasteiger partial charge on any atom is -0.343 e. The largest absolute Gasteiger partial charge is 0.343 e. The Morgan fingerprint density at radius 1 is 1.12 bits per heavy atom. The molecule has 0 bridgehead atoms. The number of thiophene rings is 1. The fourth-order valence-electron chi connectivity index (χ4n) is 5.36. The normalized spacial score (nSPS) is 21.2. The monoisotopic (exact) mass is 481 g/mol. The van der Waals surface area contributed by atoms with Crippen molar-refractivity contribution in [2.24, 2.45) is 5.92 Å². The second-order valence-electron chi connectivity index (χ2n) is 9.58. The number of urea groups is 1. The van der Waals surface area contributed by atoms with E-state index in [1.54, 1.807) is 11.3 Å². The maximum atomic E-state index is 13.6. The van der Waals surface area contributed by atoms with Crippen LogP contribution < -0.4 is 5.32 Å². The number of nitrogens with one attached hydrogen (secondary N) is 1. The minimum absolute atomic E-state index is 0.0526. The summed E-state index contributed by atoms with van der Waals surface area (Å²) in [6, 6.07) is 12.1. The van der Waals surface area contributed by atoms with Crippen molar-refractivity contribution in [1.29, 1.82) is 0 Å². The SMILES string of the molecule is CCCC1(C2CCN(C(=O)CCc3ccc(C)cc3)CC2)NC(=O)N(CCc2cccs2)C1=O. The highest BCUT2D eigenvalue weighted by atomic mass is 32.1. The molecule has 1 aromatic heterocycles. The molecule has 7 heteroatoms. The predicted molar refractivity (Wildman–Crippen MR) is 135 cm³/mol. The summed E-state index contributed by atoms with van der Waals surface area (Å²) in [5, 5.41) is 5.11. The molecule has 34 heavy (non-hydrogen) atoms. The van der Waals surface area contributed by atoms with Gasteiger partial charge in [0, 0.05) is 30.9 Å². The number of carbonyl (C=O) groups excluding carboxylic acids is 3. The quantitative estimate of drug-likeness (QED) is 0.534. The van der Waals surface area contributed by atoms with E-state index in [1.807, 2.05) is 22.4 Å². The molecule has 2 aliphatic heterocycles. The molecule has 1 aromatic carbocycles. The van der Waals surface area contributed by atoms with Crippen LogP contribution in [0, 0.1) is 12.8 Å². The molecule has 4 amide bonds. The highest BCUT2D eigenvalue weighted by Gasteiger charge is 2.55. The van der Waals surface area contributed by atoms with E-state index >= 15 is 0 Å². The lowest BCUT2D eigenvalue weighted by Gasteiger charge is -2.41. The molecule has 1 atom stereocenters. The number of nitrogens with zero attached hydrogens (tertiary/aromatic N) is 2. The number of likely N-dealkylation sites (tertiary alicyclic amines) is 1. The van der Waals surface area contributed by atoms with Crippen molar-refractivity contribution in [2.75, 3.05) is 19.6 Å². The summed E-state index contributed by atoms with van der Waals surface area (Å²) in [5.74, 6) is 0.139. The number of hydrogen-bond acceptors (Lipinski definition) is 4. The standard InChI is InChI=1S/C27H35N3O3S/c1-3-15-27(25(32)30(26(33)28-27)18-14-23-5-4-19-34-23)22-12-16-29(17-13-22)24(31)11-10-21-8-6-20(2)7-9-21/h4-9,19,22H,3,10-18H2,1-2H3,(H,28,33). The van der Waals surface area contributed by atoms with Crippen LogP contribution in [0.2, 0.25) is 0 Å². The molecule has 0 spiro atoms. The van der Waals surface area contributed by atoms with Gasteiger partial charge in [-0.1, -0.05) is 49.2 Å². The first-order valence-electron chi connectivity index (χ1n) is 12.4. The number of carbonyl (C=O) groups is 3. The highest BCUT2D eigenvalue weighted by Crippen LogP contribution is 2.37.